The minimum Gasteiger partial charge on any atom is -0.300 e. The fourth-order valence-corrected chi connectivity index (χ4v) is 4.80. The van der Waals surface area contributed by atoms with Crippen LogP contribution in [0.5, 0.6) is 0 Å². The van der Waals surface area contributed by atoms with Gasteiger partial charge in [0.1, 0.15) is 0 Å². The Bertz CT molecular complexity index is 487. The molecule has 0 aliphatic heterocycles. The highest BCUT2D eigenvalue weighted by Gasteiger charge is 2.34. The fraction of sp³-hybridized carbons (Fsp3) is 0.750. The molecule has 1 heteroatoms. The summed E-state index contributed by atoms with van der Waals surface area (Å²) in [4.78, 5) is 2.77. The van der Waals surface area contributed by atoms with Gasteiger partial charge in [0, 0.05) is 12.6 Å². The quantitative estimate of drug-likeness (QED) is 0.499. The normalized spacial score (nSPS) is 24.4. The zero-order chi connectivity index (χ0) is 18.4. The third-order valence-electron chi connectivity index (χ3n) is 6.13. The summed E-state index contributed by atoms with van der Waals surface area (Å²) >= 11 is 0. The molecule has 0 bridgehead atoms. The first-order valence-corrected chi connectivity index (χ1v) is 10.8. The molecule has 1 fully saturated rings. The Balaban J connectivity index is 2.24. The summed E-state index contributed by atoms with van der Waals surface area (Å²) < 4.78 is 0. The van der Waals surface area contributed by atoms with Gasteiger partial charge in [-0.25, -0.2) is 0 Å². The van der Waals surface area contributed by atoms with E-state index in [9.17, 15) is 0 Å². The van der Waals surface area contributed by atoms with Gasteiger partial charge in [0.25, 0.3) is 0 Å². The molecule has 0 amide bonds. The predicted octanol–water partition coefficient (Wildman–Crippen LogP) is 6.84. The molecule has 0 saturated heterocycles. The van der Waals surface area contributed by atoms with Crippen LogP contribution in [0.25, 0.3) is 0 Å². The van der Waals surface area contributed by atoms with Gasteiger partial charge in [-0.05, 0) is 60.6 Å². The maximum Gasteiger partial charge on any atom is 0.0164 e. The monoisotopic (exact) mass is 343 g/mol. The average Bonchev–Trinajstić information content (AvgIpc) is 2.60. The summed E-state index contributed by atoms with van der Waals surface area (Å²) in [6, 6.07) is 10.3. The van der Waals surface area contributed by atoms with Crippen molar-refractivity contribution in [3.8, 4) is 0 Å². The van der Waals surface area contributed by atoms with Crippen LogP contribution in [0.2, 0.25) is 0 Å². The number of rotatable bonds is 8. The van der Waals surface area contributed by atoms with Gasteiger partial charge in [-0.1, -0.05) is 78.6 Å². The zero-order valence-corrected chi connectivity index (χ0v) is 17.6. The Morgan fingerprint density at radius 1 is 1.00 bits per heavy atom. The number of nitrogens with zero attached hydrogens (tertiary/aromatic N) is 1. The van der Waals surface area contributed by atoms with E-state index in [2.05, 4.69) is 70.7 Å². The molecular weight excluding hydrogens is 302 g/mol. The molecule has 25 heavy (non-hydrogen) atoms. The summed E-state index contributed by atoms with van der Waals surface area (Å²) in [7, 11) is 0. The Kier molecular flexibility index (Phi) is 8.00. The molecule has 3 unspecified atom stereocenters. The maximum absolute atomic E-state index is 2.77. The van der Waals surface area contributed by atoms with Crippen molar-refractivity contribution < 1.29 is 0 Å². The SMILES string of the molecule is CCCC1CCC(N(CC)CC(C)C)C(c2ccc(C(C)C)cc2)C1. The summed E-state index contributed by atoms with van der Waals surface area (Å²) in [5.41, 5.74) is 3.05. The van der Waals surface area contributed by atoms with Crippen molar-refractivity contribution in [3.05, 3.63) is 35.4 Å². The molecule has 0 radical (unpaired) electrons. The molecule has 0 aromatic heterocycles. The molecule has 0 spiro atoms. The lowest BCUT2D eigenvalue weighted by Crippen LogP contribution is -2.44. The van der Waals surface area contributed by atoms with E-state index in [1.54, 1.807) is 5.56 Å². The fourth-order valence-electron chi connectivity index (χ4n) is 4.80. The van der Waals surface area contributed by atoms with Gasteiger partial charge in [0.2, 0.25) is 0 Å². The van der Waals surface area contributed by atoms with E-state index in [-0.39, 0.29) is 0 Å². The van der Waals surface area contributed by atoms with Crippen LogP contribution < -0.4 is 0 Å². The Morgan fingerprint density at radius 3 is 2.20 bits per heavy atom. The van der Waals surface area contributed by atoms with Crippen molar-refractivity contribution in [1.29, 1.82) is 0 Å². The van der Waals surface area contributed by atoms with E-state index in [1.807, 2.05) is 0 Å². The Labute approximate surface area is 157 Å². The number of likely N-dealkylation sites (N-methyl/N-ethyl adjacent to an activating group) is 1. The van der Waals surface area contributed by atoms with Crippen molar-refractivity contribution in [2.24, 2.45) is 11.8 Å². The van der Waals surface area contributed by atoms with E-state index in [4.69, 9.17) is 0 Å². The van der Waals surface area contributed by atoms with Crippen LogP contribution in [0.3, 0.4) is 0 Å². The van der Waals surface area contributed by atoms with E-state index in [1.165, 1.54) is 50.8 Å². The van der Waals surface area contributed by atoms with Crippen molar-refractivity contribution >= 4 is 0 Å². The lowest BCUT2D eigenvalue weighted by molar-refractivity contribution is 0.105. The standard InChI is InChI=1S/C24H41N/c1-7-9-20-10-15-24(25(8-2)17-18(3)4)23(16-20)22-13-11-21(12-14-22)19(5)6/h11-14,18-20,23-24H,7-10,15-17H2,1-6H3. The lowest BCUT2D eigenvalue weighted by atomic mass is 9.72. The van der Waals surface area contributed by atoms with Crippen molar-refractivity contribution in [3.63, 3.8) is 0 Å². The van der Waals surface area contributed by atoms with Crippen LogP contribution >= 0.6 is 0 Å². The first kappa shape index (κ1) is 20.5. The third-order valence-corrected chi connectivity index (χ3v) is 6.13. The molecule has 1 aliphatic carbocycles. The van der Waals surface area contributed by atoms with Gasteiger partial charge in [-0.15, -0.1) is 0 Å². The molecule has 3 atom stereocenters. The van der Waals surface area contributed by atoms with Crippen LogP contribution in [0.1, 0.15) is 96.6 Å². The van der Waals surface area contributed by atoms with Crippen molar-refractivity contribution in [2.45, 2.75) is 91.5 Å². The first-order valence-electron chi connectivity index (χ1n) is 10.8. The highest BCUT2D eigenvalue weighted by atomic mass is 15.2. The summed E-state index contributed by atoms with van der Waals surface area (Å²) in [6.45, 7) is 16.4. The Hall–Kier alpha value is -0.820. The summed E-state index contributed by atoms with van der Waals surface area (Å²) in [5, 5.41) is 0. The molecule has 0 N–H and O–H groups in total. The third kappa shape index (κ3) is 5.58. The highest BCUT2D eigenvalue weighted by Crippen LogP contribution is 2.41. The molecule has 1 aromatic rings. The van der Waals surface area contributed by atoms with Gasteiger partial charge >= 0.3 is 0 Å². The largest absolute Gasteiger partial charge is 0.300 e. The minimum absolute atomic E-state index is 0.622. The lowest BCUT2D eigenvalue weighted by Gasteiger charge is -2.43. The molecule has 2 rings (SSSR count). The molecular formula is C24H41N. The van der Waals surface area contributed by atoms with Crippen molar-refractivity contribution in [1.82, 2.24) is 4.90 Å². The zero-order valence-electron chi connectivity index (χ0n) is 17.6. The topological polar surface area (TPSA) is 3.24 Å². The second-order valence-corrected chi connectivity index (χ2v) is 8.94. The van der Waals surface area contributed by atoms with Gasteiger partial charge in [0.15, 0.2) is 0 Å². The second kappa shape index (κ2) is 9.76. The van der Waals surface area contributed by atoms with Crippen LogP contribution in [-0.4, -0.2) is 24.0 Å². The number of benzene rings is 1. The van der Waals surface area contributed by atoms with Crippen LogP contribution in [0, 0.1) is 11.8 Å². The number of hydrogen-bond donors (Lipinski definition) is 0. The number of hydrogen-bond acceptors (Lipinski definition) is 1. The van der Waals surface area contributed by atoms with Gasteiger partial charge in [-0.3, -0.25) is 4.90 Å². The molecule has 0 heterocycles. The average molecular weight is 344 g/mol. The minimum atomic E-state index is 0.622. The molecule has 1 saturated carbocycles. The summed E-state index contributed by atoms with van der Waals surface area (Å²) in [5.74, 6) is 3.01. The van der Waals surface area contributed by atoms with Crippen molar-refractivity contribution in [2.75, 3.05) is 13.1 Å². The predicted molar refractivity (Wildman–Crippen MR) is 111 cm³/mol. The smallest absolute Gasteiger partial charge is 0.0164 e. The first-order chi connectivity index (χ1) is 12.0. The molecule has 1 aliphatic rings. The van der Waals surface area contributed by atoms with Crippen LogP contribution in [0.4, 0.5) is 0 Å². The van der Waals surface area contributed by atoms with E-state index in [0.29, 0.717) is 11.8 Å². The van der Waals surface area contributed by atoms with Crippen LogP contribution in [0.15, 0.2) is 24.3 Å². The van der Waals surface area contributed by atoms with Gasteiger partial charge in [0.05, 0.1) is 0 Å². The van der Waals surface area contributed by atoms with E-state index < -0.39 is 0 Å². The maximum atomic E-state index is 2.77. The second-order valence-electron chi connectivity index (χ2n) is 8.94. The molecule has 1 aromatic carbocycles. The molecule has 1 nitrogen and oxygen atoms in total. The van der Waals surface area contributed by atoms with E-state index in [0.717, 1.165) is 17.9 Å². The van der Waals surface area contributed by atoms with Crippen LogP contribution in [-0.2, 0) is 0 Å². The Morgan fingerprint density at radius 2 is 1.68 bits per heavy atom. The van der Waals surface area contributed by atoms with Gasteiger partial charge in [-0.2, -0.15) is 0 Å². The summed E-state index contributed by atoms with van der Waals surface area (Å²) in [6.07, 6.45) is 6.92. The molecule has 142 valence electrons. The van der Waals surface area contributed by atoms with E-state index >= 15 is 0 Å². The highest BCUT2D eigenvalue weighted by molar-refractivity contribution is 5.28. The van der Waals surface area contributed by atoms with Gasteiger partial charge < -0.3 is 0 Å².